The molecule has 0 spiro atoms. The van der Waals surface area contributed by atoms with E-state index in [9.17, 15) is 40.2 Å². The van der Waals surface area contributed by atoms with Crippen LogP contribution in [0.25, 0.3) is 4.85 Å². The van der Waals surface area contributed by atoms with Gasteiger partial charge in [0.2, 0.25) is 0 Å². The number of hydrogen-bond donors (Lipinski definition) is 1. The van der Waals surface area contributed by atoms with Crippen molar-refractivity contribution >= 4 is 5.69 Å². The standard InChI is InChI=1S/C19H9F8NO2/c1-28-9-4-8(20)5-10(6-9)30-12-3-2-11-14-13(12)15(21)17(22,23)7-16(14,29)19(26,27)18(11,24)25/h2-6,15,29H,7H2/t15-,16-/m1/s1. The van der Waals surface area contributed by atoms with Crippen molar-refractivity contribution in [1.29, 1.82) is 0 Å². The van der Waals surface area contributed by atoms with Crippen LogP contribution in [0.5, 0.6) is 11.5 Å². The van der Waals surface area contributed by atoms with Crippen LogP contribution in [0.3, 0.4) is 0 Å². The number of alkyl halides is 7. The molecule has 2 aromatic rings. The molecule has 0 amide bonds. The summed E-state index contributed by atoms with van der Waals surface area (Å²) in [5, 5.41) is 10.3. The highest BCUT2D eigenvalue weighted by molar-refractivity contribution is 5.60. The van der Waals surface area contributed by atoms with E-state index in [-0.39, 0.29) is 5.69 Å². The van der Waals surface area contributed by atoms with Gasteiger partial charge in [0.1, 0.15) is 17.3 Å². The quantitative estimate of drug-likeness (QED) is 0.454. The Kier molecular flexibility index (Phi) is 3.98. The monoisotopic (exact) mass is 435 g/mol. The highest BCUT2D eigenvalue weighted by atomic mass is 19.3. The summed E-state index contributed by atoms with van der Waals surface area (Å²) in [6, 6.07) is 3.40. The molecule has 0 heterocycles. The molecular weight excluding hydrogens is 426 g/mol. The van der Waals surface area contributed by atoms with Gasteiger partial charge in [-0.3, -0.25) is 0 Å². The average molecular weight is 435 g/mol. The van der Waals surface area contributed by atoms with Gasteiger partial charge >= 0.3 is 11.8 Å². The summed E-state index contributed by atoms with van der Waals surface area (Å²) in [5.41, 5.74) is -8.60. The van der Waals surface area contributed by atoms with Crippen LogP contribution >= 0.6 is 0 Å². The first-order valence-corrected chi connectivity index (χ1v) is 8.30. The van der Waals surface area contributed by atoms with Crippen LogP contribution < -0.4 is 4.74 Å². The van der Waals surface area contributed by atoms with E-state index in [0.717, 1.165) is 12.1 Å². The molecule has 2 atom stereocenters. The summed E-state index contributed by atoms with van der Waals surface area (Å²) in [5.74, 6) is -17.4. The normalized spacial score (nSPS) is 27.3. The second-order valence-electron chi connectivity index (χ2n) is 7.07. The van der Waals surface area contributed by atoms with E-state index in [1.54, 1.807) is 0 Å². The van der Waals surface area contributed by atoms with Gasteiger partial charge < -0.3 is 9.84 Å². The predicted octanol–water partition coefficient (Wildman–Crippen LogP) is 6.15. The van der Waals surface area contributed by atoms with Crippen molar-refractivity contribution in [3.8, 4) is 11.5 Å². The van der Waals surface area contributed by atoms with Crippen LogP contribution in [0, 0.1) is 12.4 Å². The number of aliphatic hydroxyl groups is 1. The minimum absolute atomic E-state index is 0.281. The van der Waals surface area contributed by atoms with Gasteiger partial charge in [-0.05, 0) is 24.3 Å². The maximum absolute atomic E-state index is 14.6. The minimum atomic E-state index is -5.35. The average Bonchev–Trinajstić information content (AvgIpc) is 2.75. The van der Waals surface area contributed by atoms with E-state index in [2.05, 4.69) is 4.85 Å². The number of ether oxygens (including phenoxy) is 1. The Morgan fingerprint density at radius 3 is 2.37 bits per heavy atom. The molecule has 0 aliphatic heterocycles. The lowest BCUT2D eigenvalue weighted by Gasteiger charge is -2.40. The lowest BCUT2D eigenvalue weighted by molar-refractivity contribution is -0.306. The summed E-state index contributed by atoms with van der Waals surface area (Å²) in [7, 11) is 0. The predicted molar refractivity (Wildman–Crippen MR) is 85.3 cm³/mol. The van der Waals surface area contributed by atoms with Gasteiger partial charge in [0.15, 0.2) is 17.5 Å². The summed E-state index contributed by atoms with van der Waals surface area (Å²) in [6.45, 7) is 6.87. The summed E-state index contributed by atoms with van der Waals surface area (Å²) in [4.78, 5) is 2.94. The molecule has 0 fully saturated rings. The van der Waals surface area contributed by atoms with Crippen molar-refractivity contribution in [2.75, 3.05) is 0 Å². The Labute approximate surface area is 163 Å². The number of benzene rings is 2. The molecule has 2 aliphatic carbocycles. The van der Waals surface area contributed by atoms with Gasteiger partial charge in [0.25, 0.3) is 5.92 Å². The van der Waals surface area contributed by atoms with Gasteiger partial charge in [-0.2, -0.15) is 17.6 Å². The molecule has 0 saturated carbocycles. The molecule has 0 bridgehead atoms. The van der Waals surface area contributed by atoms with E-state index >= 15 is 0 Å². The smallest absolute Gasteiger partial charge is 0.346 e. The highest BCUT2D eigenvalue weighted by Crippen LogP contribution is 2.68. The topological polar surface area (TPSA) is 33.8 Å². The van der Waals surface area contributed by atoms with Gasteiger partial charge in [-0.1, -0.05) is 0 Å². The molecule has 0 radical (unpaired) electrons. The maximum Gasteiger partial charge on any atom is 0.346 e. The zero-order chi connectivity index (χ0) is 22.3. The van der Waals surface area contributed by atoms with E-state index in [0.29, 0.717) is 18.2 Å². The largest absolute Gasteiger partial charge is 0.458 e. The Morgan fingerprint density at radius 2 is 1.73 bits per heavy atom. The molecule has 3 nitrogen and oxygen atoms in total. The fourth-order valence-corrected chi connectivity index (χ4v) is 3.87. The molecule has 0 aromatic heterocycles. The number of nitrogens with zero attached hydrogens (tertiary/aromatic N) is 1. The second kappa shape index (κ2) is 5.85. The molecule has 4 rings (SSSR count). The molecule has 2 aliphatic rings. The van der Waals surface area contributed by atoms with Crippen LogP contribution in [0.1, 0.15) is 29.3 Å². The lowest BCUT2D eigenvalue weighted by Crippen LogP contribution is -2.54. The molecule has 11 heteroatoms. The summed E-state index contributed by atoms with van der Waals surface area (Å²) < 4.78 is 119. The first-order chi connectivity index (χ1) is 13.8. The SMILES string of the molecule is [C-]#[N+]c1cc(F)cc(Oc2ccc3c4c2[C@@H](F)C(F)(F)C[C@]4(O)C(F)(F)C3(F)F)c1. The molecule has 1 N–H and O–H groups in total. The van der Waals surface area contributed by atoms with Crippen molar-refractivity contribution in [1.82, 2.24) is 0 Å². The third-order valence-electron chi connectivity index (χ3n) is 5.20. The van der Waals surface area contributed by atoms with Crippen LogP contribution in [-0.4, -0.2) is 17.0 Å². The van der Waals surface area contributed by atoms with Crippen molar-refractivity contribution in [3.63, 3.8) is 0 Å². The van der Waals surface area contributed by atoms with Crippen molar-refractivity contribution in [2.24, 2.45) is 0 Å². The molecule has 30 heavy (non-hydrogen) atoms. The molecule has 0 unspecified atom stereocenters. The maximum atomic E-state index is 14.6. The van der Waals surface area contributed by atoms with Gasteiger partial charge in [-0.15, -0.1) is 0 Å². The molecular formula is C19H9F8NO2. The zero-order valence-electron chi connectivity index (χ0n) is 14.5. The van der Waals surface area contributed by atoms with E-state index in [1.165, 1.54) is 0 Å². The summed E-state index contributed by atoms with van der Waals surface area (Å²) in [6.07, 6.45) is -5.63. The Morgan fingerprint density at radius 1 is 1.07 bits per heavy atom. The Hall–Kier alpha value is -2.87. The van der Waals surface area contributed by atoms with Gasteiger partial charge in [0.05, 0.1) is 13.0 Å². The van der Waals surface area contributed by atoms with Crippen LogP contribution in [0.15, 0.2) is 30.3 Å². The van der Waals surface area contributed by atoms with Crippen molar-refractivity contribution in [3.05, 3.63) is 64.3 Å². The first-order valence-electron chi connectivity index (χ1n) is 8.30. The Balaban J connectivity index is 1.97. The molecule has 158 valence electrons. The molecule has 0 saturated heterocycles. The van der Waals surface area contributed by atoms with Gasteiger partial charge in [-0.25, -0.2) is 22.4 Å². The van der Waals surface area contributed by atoms with Crippen molar-refractivity contribution in [2.45, 2.75) is 36.0 Å². The van der Waals surface area contributed by atoms with Crippen LogP contribution in [-0.2, 0) is 11.5 Å². The van der Waals surface area contributed by atoms with E-state index < -0.39 is 70.0 Å². The zero-order valence-corrected chi connectivity index (χ0v) is 14.5. The highest BCUT2D eigenvalue weighted by Gasteiger charge is 2.80. The fourth-order valence-electron chi connectivity index (χ4n) is 3.87. The fraction of sp³-hybridized carbons (Fsp3) is 0.316. The van der Waals surface area contributed by atoms with E-state index in [1.807, 2.05) is 0 Å². The third kappa shape index (κ3) is 2.40. The third-order valence-corrected chi connectivity index (χ3v) is 5.20. The minimum Gasteiger partial charge on any atom is -0.458 e. The Bertz CT molecular complexity index is 1110. The lowest BCUT2D eigenvalue weighted by atomic mass is 9.75. The van der Waals surface area contributed by atoms with Crippen molar-refractivity contribution < 1.29 is 45.0 Å². The number of hydrogen-bond acceptors (Lipinski definition) is 2. The number of rotatable bonds is 2. The second-order valence-corrected chi connectivity index (χ2v) is 7.07. The first kappa shape index (κ1) is 20.4. The van der Waals surface area contributed by atoms with Gasteiger partial charge in [0, 0.05) is 22.8 Å². The molecule has 2 aromatic carbocycles. The van der Waals surface area contributed by atoms with Crippen LogP contribution in [0.2, 0.25) is 0 Å². The number of halogens is 8. The summed E-state index contributed by atoms with van der Waals surface area (Å²) >= 11 is 0. The van der Waals surface area contributed by atoms with E-state index in [4.69, 9.17) is 11.3 Å². The van der Waals surface area contributed by atoms with Crippen LogP contribution in [0.4, 0.5) is 40.8 Å².